The molecule has 0 aromatic heterocycles. The van der Waals surface area contributed by atoms with Crippen molar-refractivity contribution in [3.05, 3.63) is 37.9 Å². The van der Waals surface area contributed by atoms with E-state index in [9.17, 15) is 25.3 Å². The van der Waals surface area contributed by atoms with Crippen LogP contribution in [0.3, 0.4) is 0 Å². The average Bonchev–Trinajstić information content (AvgIpc) is 2.42. The van der Waals surface area contributed by atoms with Gasteiger partial charge in [-0.3, -0.25) is 20.2 Å². The third-order valence-electron chi connectivity index (χ3n) is 3.42. The molecule has 0 spiro atoms. The number of hydrogen-bond acceptors (Lipinski definition) is 6. The van der Waals surface area contributed by atoms with E-state index < -0.39 is 21.3 Å². The largest absolute Gasteiger partial charge is 0.394 e. The minimum atomic E-state index is -0.644. The summed E-state index contributed by atoms with van der Waals surface area (Å²) in [6, 6.07) is 2.21. The lowest BCUT2D eigenvalue weighted by Gasteiger charge is -2.21. The number of hydrogen-bond donors (Lipinski definition) is 2. The van der Waals surface area contributed by atoms with Crippen LogP contribution in [0.25, 0.3) is 0 Å². The van der Waals surface area contributed by atoms with E-state index in [1.807, 2.05) is 20.8 Å². The SMILES string of the molecule is CCC(CO)Nc1c([N+](=O)[O-])cc(C(C)(C)C)cc1[N+](=O)[O-]. The zero-order valence-electron chi connectivity index (χ0n) is 13.1. The van der Waals surface area contributed by atoms with E-state index in [4.69, 9.17) is 0 Å². The lowest BCUT2D eigenvalue weighted by atomic mass is 9.86. The van der Waals surface area contributed by atoms with Crippen LogP contribution in [-0.4, -0.2) is 27.6 Å². The zero-order valence-corrected chi connectivity index (χ0v) is 13.1. The first kappa shape index (κ1) is 17.8. The van der Waals surface area contributed by atoms with Crippen molar-refractivity contribution in [1.82, 2.24) is 0 Å². The summed E-state index contributed by atoms with van der Waals surface area (Å²) in [4.78, 5) is 21.3. The predicted octanol–water partition coefficient (Wildman–Crippen LogP) is 2.98. The summed E-state index contributed by atoms with van der Waals surface area (Å²) in [7, 11) is 0. The Morgan fingerprint density at radius 1 is 1.18 bits per heavy atom. The van der Waals surface area contributed by atoms with Crippen molar-refractivity contribution < 1.29 is 15.0 Å². The normalized spacial score (nSPS) is 12.8. The standard InChI is InChI=1S/C14H21N3O5/c1-5-10(8-18)15-13-11(16(19)20)6-9(14(2,3)4)7-12(13)17(21)22/h6-7,10,15,18H,5,8H2,1-4H3. The molecule has 8 heteroatoms. The molecule has 122 valence electrons. The Morgan fingerprint density at radius 2 is 1.64 bits per heavy atom. The summed E-state index contributed by atoms with van der Waals surface area (Å²) in [5, 5.41) is 34.6. The molecule has 8 nitrogen and oxygen atoms in total. The van der Waals surface area contributed by atoms with Crippen molar-refractivity contribution >= 4 is 17.1 Å². The Balaban J connectivity index is 3.57. The maximum atomic E-state index is 11.3. The molecular weight excluding hydrogens is 290 g/mol. The van der Waals surface area contributed by atoms with Gasteiger partial charge in [0.15, 0.2) is 5.69 Å². The Bertz CT molecular complexity index is 541. The number of aliphatic hydroxyl groups is 1. The molecule has 1 atom stereocenters. The Kier molecular flexibility index (Phi) is 5.43. The fourth-order valence-electron chi connectivity index (χ4n) is 1.96. The van der Waals surface area contributed by atoms with E-state index in [0.29, 0.717) is 12.0 Å². The fraction of sp³-hybridized carbons (Fsp3) is 0.571. The maximum Gasteiger partial charge on any atom is 0.299 e. The molecular formula is C14H21N3O5. The molecule has 0 saturated carbocycles. The van der Waals surface area contributed by atoms with Gasteiger partial charge in [0.1, 0.15) is 0 Å². The molecule has 1 rings (SSSR count). The van der Waals surface area contributed by atoms with Gasteiger partial charge in [-0.25, -0.2) is 0 Å². The third kappa shape index (κ3) is 3.91. The molecule has 0 aliphatic heterocycles. The van der Waals surface area contributed by atoms with Gasteiger partial charge in [0.2, 0.25) is 0 Å². The summed E-state index contributed by atoms with van der Waals surface area (Å²) in [6.45, 7) is 6.98. The van der Waals surface area contributed by atoms with E-state index in [-0.39, 0.29) is 23.7 Å². The number of rotatable bonds is 6. The van der Waals surface area contributed by atoms with Gasteiger partial charge < -0.3 is 10.4 Å². The quantitative estimate of drug-likeness (QED) is 0.615. The monoisotopic (exact) mass is 311 g/mol. The third-order valence-corrected chi connectivity index (χ3v) is 3.42. The second kappa shape index (κ2) is 6.69. The van der Waals surface area contributed by atoms with E-state index in [1.54, 1.807) is 6.92 Å². The molecule has 0 aliphatic carbocycles. The van der Waals surface area contributed by atoms with Crippen LogP contribution < -0.4 is 5.32 Å². The predicted molar refractivity (Wildman–Crippen MR) is 83.2 cm³/mol. The van der Waals surface area contributed by atoms with Gasteiger partial charge in [0.05, 0.1) is 16.5 Å². The molecule has 1 aromatic carbocycles. The van der Waals surface area contributed by atoms with Crippen LogP contribution in [-0.2, 0) is 5.41 Å². The van der Waals surface area contributed by atoms with Crippen molar-refractivity contribution in [3.63, 3.8) is 0 Å². The van der Waals surface area contributed by atoms with Crippen molar-refractivity contribution in [3.8, 4) is 0 Å². The lowest BCUT2D eigenvalue weighted by molar-refractivity contribution is -0.392. The minimum absolute atomic E-state index is 0.163. The highest BCUT2D eigenvalue weighted by Crippen LogP contribution is 2.39. The summed E-state index contributed by atoms with van der Waals surface area (Å²) >= 11 is 0. The van der Waals surface area contributed by atoms with Crippen molar-refractivity contribution in [2.75, 3.05) is 11.9 Å². The molecule has 1 unspecified atom stereocenters. The highest BCUT2D eigenvalue weighted by Gasteiger charge is 2.30. The van der Waals surface area contributed by atoms with Crippen molar-refractivity contribution in [2.45, 2.75) is 45.6 Å². The van der Waals surface area contributed by atoms with E-state index >= 15 is 0 Å². The first-order chi connectivity index (χ1) is 10.1. The van der Waals surface area contributed by atoms with Gasteiger partial charge in [-0.05, 0) is 17.4 Å². The van der Waals surface area contributed by atoms with Crippen molar-refractivity contribution in [2.24, 2.45) is 0 Å². The van der Waals surface area contributed by atoms with Crippen LogP contribution >= 0.6 is 0 Å². The van der Waals surface area contributed by atoms with Gasteiger partial charge in [-0.2, -0.15) is 0 Å². The first-order valence-corrected chi connectivity index (χ1v) is 6.96. The molecule has 0 bridgehead atoms. The molecule has 1 aromatic rings. The summed E-state index contributed by atoms with van der Waals surface area (Å²) in [5.74, 6) is 0. The number of nitrogens with zero attached hydrogens (tertiary/aromatic N) is 2. The van der Waals surface area contributed by atoms with E-state index in [0.717, 1.165) is 0 Å². The number of nitro groups is 2. The average molecular weight is 311 g/mol. The molecule has 22 heavy (non-hydrogen) atoms. The molecule has 0 aliphatic rings. The molecule has 0 radical (unpaired) electrons. The van der Waals surface area contributed by atoms with Crippen molar-refractivity contribution in [1.29, 1.82) is 0 Å². The molecule has 2 N–H and O–H groups in total. The lowest BCUT2D eigenvalue weighted by Crippen LogP contribution is -2.24. The van der Waals surface area contributed by atoms with Crippen LogP contribution in [0.2, 0.25) is 0 Å². The number of aliphatic hydroxyl groups excluding tert-OH is 1. The second-order valence-corrected chi connectivity index (χ2v) is 6.09. The Hall–Kier alpha value is -2.22. The molecule has 0 heterocycles. The summed E-state index contributed by atoms with van der Waals surface area (Å²) < 4.78 is 0. The van der Waals surface area contributed by atoms with Gasteiger partial charge in [-0.15, -0.1) is 0 Å². The number of anilines is 1. The van der Waals surface area contributed by atoms with Gasteiger partial charge in [0.25, 0.3) is 11.4 Å². The second-order valence-electron chi connectivity index (χ2n) is 6.09. The number of nitro benzene ring substituents is 2. The molecule has 0 fully saturated rings. The number of nitrogens with one attached hydrogen (secondary N) is 1. The van der Waals surface area contributed by atoms with Crippen LogP contribution in [0, 0.1) is 20.2 Å². The topological polar surface area (TPSA) is 119 Å². The molecule has 0 amide bonds. The van der Waals surface area contributed by atoms with E-state index in [1.165, 1.54) is 12.1 Å². The van der Waals surface area contributed by atoms with Gasteiger partial charge >= 0.3 is 0 Å². The fourth-order valence-corrected chi connectivity index (χ4v) is 1.96. The summed E-state index contributed by atoms with van der Waals surface area (Å²) in [5.41, 5.74) is -0.829. The first-order valence-electron chi connectivity index (χ1n) is 6.96. The Morgan fingerprint density at radius 3 is 1.91 bits per heavy atom. The van der Waals surface area contributed by atoms with Crippen LogP contribution in [0.4, 0.5) is 17.1 Å². The van der Waals surface area contributed by atoms with Gasteiger partial charge in [0, 0.05) is 18.2 Å². The maximum absolute atomic E-state index is 11.3. The van der Waals surface area contributed by atoms with Crippen LogP contribution in [0.1, 0.15) is 39.7 Å². The zero-order chi connectivity index (χ0) is 17.1. The molecule has 0 saturated heterocycles. The highest BCUT2D eigenvalue weighted by molar-refractivity contribution is 5.75. The van der Waals surface area contributed by atoms with Crippen LogP contribution in [0.5, 0.6) is 0 Å². The number of benzene rings is 1. The minimum Gasteiger partial charge on any atom is -0.394 e. The van der Waals surface area contributed by atoms with E-state index in [2.05, 4.69) is 5.32 Å². The highest BCUT2D eigenvalue weighted by atomic mass is 16.6. The van der Waals surface area contributed by atoms with Crippen LogP contribution in [0.15, 0.2) is 12.1 Å². The summed E-state index contributed by atoms with van der Waals surface area (Å²) in [6.07, 6.45) is 0.478. The smallest absolute Gasteiger partial charge is 0.299 e. The Labute approximate surface area is 128 Å². The van der Waals surface area contributed by atoms with Gasteiger partial charge in [-0.1, -0.05) is 27.7 Å².